The monoisotopic (exact) mass is 268 g/mol. The fourth-order valence-corrected chi connectivity index (χ4v) is 2.10. The lowest BCUT2D eigenvalue weighted by Gasteiger charge is -2.07. The van der Waals surface area contributed by atoms with Gasteiger partial charge < -0.3 is 9.67 Å². The van der Waals surface area contributed by atoms with Crippen LogP contribution in [0.25, 0.3) is 22.6 Å². The predicted octanol–water partition coefficient (Wildman–Crippen LogP) is 2.18. The van der Waals surface area contributed by atoms with Crippen molar-refractivity contribution in [2.24, 2.45) is 7.05 Å². The first kappa shape index (κ1) is 12.2. The number of carboxylic acids is 1. The highest BCUT2D eigenvalue weighted by atomic mass is 16.4. The highest BCUT2D eigenvalue weighted by molar-refractivity contribution is 5.88. The Kier molecular flexibility index (Phi) is 2.83. The van der Waals surface area contributed by atoms with Crippen molar-refractivity contribution in [3.05, 3.63) is 48.4 Å². The fourth-order valence-electron chi connectivity index (χ4n) is 2.10. The molecule has 2 N–H and O–H groups in total. The summed E-state index contributed by atoms with van der Waals surface area (Å²) in [6.45, 7) is 0. The number of carbonyl (C=O) groups is 1. The van der Waals surface area contributed by atoms with Crippen LogP contribution in [-0.2, 0) is 7.05 Å². The summed E-state index contributed by atoms with van der Waals surface area (Å²) < 4.78 is 1.91. The lowest BCUT2D eigenvalue weighted by atomic mass is 10.0. The van der Waals surface area contributed by atoms with Gasteiger partial charge in [0, 0.05) is 30.6 Å². The number of aromatic nitrogens is 4. The Hall–Kier alpha value is -2.89. The molecule has 100 valence electrons. The summed E-state index contributed by atoms with van der Waals surface area (Å²) in [7, 11) is 1.91. The van der Waals surface area contributed by atoms with Crippen LogP contribution in [0.15, 0.2) is 42.7 Å². The van der Waals surface area contributed by atoms with Gasteiger partial charge in [-0.1, -0.05) is 24.3 Å². The summed E-state index contributed by atoms with van der Waals surface area (Å²) in [6, 6.07) is 9.15. The zero-order valence-corrected chi connectivity index (χ0v) is 10.7. The molecule has 0 bridgehead atoms. The quantitative estimate of drug-likeness (QED) is 0.762. The number of H-pyrrole nitrogens is 1. The Morgan fingerprint density at radius 3 is 2.65 bits per heavy atom. The van der Waals surface area contributed by atoms with Crippen molar-refractivity contribution in [2.75, 3.05) is 0 Å². The van der Waals surface area contributed by atoms with E-state index in [0.29, 0.717) is 5.69 Å². The lowest BCUT2D eigenvalue weighted by Crippen LogP contribution is -1.95. The Balaban J connectivity index is 2.14. The molecule has 0 saturated carbocycles. The van der Waals surface area contributed by atoms with E-state index in [9.17, 15) is 4.79 Å². The third kappa shape index (κ3) is 1.97. The molecule has 6 nitrogen and oxygen atoms in total. The first-order valence-electron chi connectivity index (χ1n) is 6.02. The normalized spacial score (nSPS) is 10.7. The number of imidazole rings is 1. The number of nitrogens with one attached hydrogen (secondary N) is 1. The van der Waals surface area contributed by atoms with Crippen molar-refractivity contribution in [1.29, 1.82) is 0 Å². The summed E-state index contributed by atoms with van der Waals surface area (Å²) in [6.07, 6.45) is 3.58. The Bertz CT molecular complexity index is 773. The topological polar surface area (TPSA) is 83.8 Å². The number of benzene rings is 1. The van der Waals surface area contributed by atoms with Gasteiger partial charge in [0.2, 0.25) is 0 Å². The molecule has 20 heavy (non-hydrogen) atoms. The van der Waals surface area contributed by atoms with Gasteiger partial charge in [0.05, 0.1) is 5.69 Å². The van der Waals surface area contributed by atoms with E-state index in [1.807, 2.05) is 42.1 Å². The van der Waals surface area contributed by atoms with E-state index in [2.05, 4.69) is 15.2 Å². The molecule has 3 rings (SSSR count). The average molecular weight is 268 g/mol. The molecule has 0 unspecified atom stereocenters. The first-order valence-corrected chi connectivity index (χ1v) is 6.02. The van der Waals surface area contributed by atoms with Crippen LogP contribution in [0, 0.1) is 0 Å². The van der Waals surface area contributed by atoms with Crippen molar-refractivity contribution < 1.29 is 9.90 Å². The third-order valence-corrected chi connectivity index (χ3v) is 3.07. The summed E-state index contributed by atoms with van der Waals surface area (Å²) in [5.74, 6) is -0.223. The van der Waals surface area contributed by atoms with E-state index in [0.717, 1.165) is 17.0 Å². The van der Waals surface area contributed by atoms with Gasteiger partial charge in [-0.05, 0) is 6.07 Å². The molecule has 0 atom stereocenters. The zero-order chi connectivity index (χ0) is 14.1. The van der Waals surface area contributed by atoms with Gasteiger partial charge in [0.1, 0.15) is 11.5 Å². The molecule has 0 saturated heterocycles. The molecule has 0 aliphatic heterocycles. The number of rotatable bonds is 3. The molecule has 0 aliphatic rings. The molecule has 3 aromatic rings. The van der Waals surface area contributed by atoms with Crippen molar-refractivity contribution in [1.82, 2.24) is 19.7 Å². The van der Waals surface area contributed by atoms with Gasteiger partial charge in [0.15, 0.2) is 0 Å². The molecular formula is C14H12N4O2. The second kappa shape index (κ2) is 4.65. The van der Waals surface area contributed by atoms with E-state index in [-0.39, 0.29) is 5.69 Å². The largest absolute Gasteiger partial charge is 0.477 e. The van der Waals surface area contributed by atoms with Crippen LogP contribution in [0.3, 0.4) is 0 Å². The molecule has 2 aromatic heterocycles. The first-order chi connectivity index (χ1) is 9.66. The van der Waals surface area contributed by atoms with Crippen molar-refractivity contribution in [3.63, 3.8) is 0 Å². The van der Waals surface area contributed by atoms with E-state index in [4.69, 9.17) is 5.11 Å². The standard InChI is InChI=1S/C14H12N4O2/c1-18-7-6-15-13(18)10-5-3-2-4-9(10)11-8-12(14(19)20)17-16-11/h2-8H,1H3,(H,16,17)(H,19,20). The maximum Gasteiger partial charge on any atom is 0.353 e. The molecule has 0 spiro atoms. The number of carboxylic acid groups (broad SMARTS) is 1. The van der Waals surface area contributed by atoms with E-state index in [1.165, 1.54) is 6.07 Å². The van der Waals surface area contributed by atoms with Crippen LogP contribution in [-0.4, -0.2) is 30.8 Å². The number of aryl methyl sites for hydroxylation is 1. The maximum absolute atomic E-state index is 10.9. The molecule has 0 radical (unpaired) electrons. The fraction of sp³-hybridized carbons (Fsp3) is 0.0714. The minimum absolute atomic E-state index is 0.0645. The van der Waals surface area contributed by atoms with Crippen LogP contribution in [0.5, 0.6) is 0 Å². The smallest absolute Gasteiger partial charge is 0.353 e. The van der Waals surface area contributed by atoms with Crippen LogP contribution in [0.4, 0.5) is 0 Å². The third-order valence-electron chi connectivity index (χ3n) is 3.07. The van der Waals surface area contributed by atoms with Crippen molar-refractivity contribution >= 4 is 5.97 Å². The summed E-state index contributed by atoms with van der Waals surface area (Å²) >= 11 is 0. The Morgan fingerprint density at radius 2 is 2.05 bits per heavy atom. The van der Waals surface area contributed by atoms with Gasteiger partial charge in [0.25, 0.3) is 0 Å². The summed E-state index contributed by atoms with van der Waals surface area (Å²) in [4.78, 5) is 15.2. The van der Waals surface area contributed by atoms with Crippen molar-refractivity contribution in [3.8, 4) is 22.6 Å². The molecule has 2 heterocycles. The summed E-state index contributed by atoms with van der Waals surface area (Å²) in [5.41, 5.74) is 2.39. The number of aromatic amines is 1. The Morgan fingerprint density at radius 1 is 1.30 bits per heavy atom. The average Bonchev–Trinajstić information content (AvgIpc) is 3.07. The van der Waals surface area contributed by atoms with E-state index in [1.54, 1.807) is 6.20 Å². The van der Waals surface area contributed by atoms with Crippen LogP contribution in [0.1, 0.15) is 10.5 Å². The van der Waals surface area contributed by atoms with Gasteiger partial charge in [-0.3, -0.25) is 5.10 Å². The van der Waals surface area contributed by atoms with Crippen LogP contribution < -0.4 is 0 Å². The second-order valence-electron chi connectivity index (χ2n) is 4.38. The number of hydrogen-bond donors (Lipinski definition) is 2. The zero-order valence-electron chi connectivity index (χ0n) is 10.7. The van der Waals surface area contributed by atoms with Crippen molar-refractivity contribution in [2.45, 2.75) is 0 Å². The minimum Gasteiger partial charge on any atom is -0.477 e. The predicted molar refractivity (Wildman–Crippen MR) is 73.2 cm³/mol. The van der Waals surface area contributed by atoms with Gasteiger partial charge in [-0.25, -0.2) is 9.78 Å². The maximum atomic E-state index is 10.9. The number of aromatic carboxylic acids is 1. The molecule has 6 heteroatoms. The number of hydrogen-bond acceptors (Lipinski definition) is 3. The minimum atomic E-state index is -1.03. The van der Waals surface area contributed by atoms with Gasteiger partial charge in [-0.15, -0.1) is 0 Å². The van der Waals surface area contributed by atoms with Gasteiger partial charge in [-0.2, -0.15) is 5.10 Å². The van der Waals surface area contributed by atoms with Gasteiger partial charge >= 0.3 is 5.97 Å². The SMILES string of the molecule is Cn1ccnc1-c1ccccc1-c1cc(C(=O)O)[nH]n1. The van der Waals surface area contributed by atoms with E-state index >= 15 is 0 Å². The molecule has 1 aromatic carbocycles. The highest BCUT2D eigenvalue weighted by Crippen LogP contribution is 2.29. The van der Waals surface area contributed by atoms with Crippen LogP contribution in [0.2, 0.25) is 0 Å². The second-order valence-corrected chi connectivity index (χ2v) is 4.38. The lowest BCUT2D eigenvalue weighted by molar-refractivity contribution is 0.0690. The highest BCUT2D eigenvalue weighted by Gasteiger charge is 2.14. The molecule has 0 amide bonds. The Labute approximate surface area is 114 Å². The summed E-state index contributed by atoms with van der Waals surface area (Å²) in [5, 5.41) is 15.5. The molecular weight excluding hydrogens is 256 g/mol. The van der Waals surface area contributed by atoms with Crippen LogP contribution >= 0.6 is 0 Å². The number of nitrogens with zero attached hydrogens (tertiary/aromatic N) is 3. The molecule has 0 fully saturated rings. The molecule has 0 aliphatic carbocycles. The van der Waals surface area contributed by atoms with E-state index < -0.39 is 5.97 Å².